The molecule has 0 aromatic heterocycles. The number of hydroxylamine groups is 1. The van der Waals surface area contributed by atoms with Crippen LogP contribution < -0.4 is 10.8 Å². The molecule has 0 aliphatic heterocycles. The third kappa shape index (κ3) is 6.10. The summed E-state index contributed by atoms with van der Waals surface area (Å²) in [5.41, 5.74) is 3.37. The van der Waals surface area contributed by atoms with E-state index < -0.39 is 17.5 Å². The number of aryl methyl sites for hydroxylation is 1. The van der Waals surface area contributed by atoms with Crippen LogP contribution in [-0.2, 0) is 4.84 Å². The van der Waals surface area contributed by atoms with E-state index in [1.165, 1.54) is 6.07 Å². The largest absolute Gasteiger partial charge is 0.352 e. The Kier molecular flexibility index (Phi) is 8.59. The second-order valence-corrected chi connectivity index (χ2v) is 8.53. The average Bonchev–Trinajstić information content (AvgIpc) is 2.63. The zero-order valence-corrected chi connectivity index (χ0v) is 19.4. The fourth-order valence-corrected chi connectivity index (χ4v) is 3.47. The van der Waals surface area contributed by atoms with Crippen LogP contribution in [0, 0.1) is 22.1 Å². The number of halogens is 4. The van der Waals surface area contributed by atoms with Gasteiger partial charge >= 0.3 is 0 Å². The standard InChI is InChI=1S/C19H21BrF2IN3O2/c1-11-9-12(23)5-6-15(11)24-18-13(10-14(20)16(21)17(18)22)19(27)25-28-8-4-7-26(2)3/h5-6,9-10,24H,4,7-8H2,1-3H3,(H,25,27). The van der Waals surface area contributed by atoms with E-state index in [-0.39, 0.29) is 15.7 Å². The molecule has 0 saturated heterocycles. The number of hydrogen-bond donors (Lipinski definition) is 2. The van der Waals surface area contributed by atoms with Crippen LogP contribution in [0.2, 0.25) is 0 Å². The molecule has 0 heterocycles. The number of benzene rings is 2. The molecule has 5 nitrogen and oxygen atoms in total. The predicted octanol–water partition coefficient (Wildman–Crippen LogP) is 5.00. The van der Waals surface area contributed by atoms with Crippen LogP contribution in [0.1, 0.15) is 22.3 Å². The third-order valence-corrected chi connectivity index (χ3v) is 5.12. The van der Waals surface area contributed by atoms with Crippen molar-refractivity contribution in [2.24, 2.45) is 0 Å². The van der Waals surface area contributed by atoms with Crippen LogP contribution in [0.3, 0.4) is 0 Å². The molecule has 2 aromatic rings. The van der Waals surface area contributed by atoms with Crippen LogP contribution in [0.4, 0.5) is 20.2 Å². The molecule has 2 N–H and O–H groups in total. The van der Waals surface area contributed by atoms with E-state index in [1.54, 1.807) is 6.07 Å². The number of rotatable bonds is 8. The van der Waals surface area contributed by atoms with Crippen LogP contribution in [0.15, 0.2) is 28.7 Å². The van der Waals surface area contributed by atoms with Crippen molar-refractivity contribution in [1.82, 2.24) is 10.4 Å². The quantitative estimate of drug-likeness (QED) is 0.204. The predicted molar refractivity (Wildman–Crippen MR) is 118 cm³/mol. The molecule has 0 saturated carbocycles. The number of carbonyl (C=O) groups is 1. The Hall–Kier alpha value is -1.30. The van der Waals surface area contributed by atoms with Gasteiger partial charge in [0.15, 0.2) is 11.6 Å². The first-order valence-corrected chi connectivity index (χ1v) is 10.4. The summed E-state index contributed by atoms with van der Waals surface area (Å²) in [4.78, 5) is 19.7. The fraction of sp³-hybridized carbons (Fsp3) is 0.316. The Morgan fingerprint density at radius 3 is 2.61 bits per heavy atom. The van der Waals surface area contributed by atoms with Crippen LogP contribution in [0.25, 0.3) is 0 Å². The zero-order chi connectivity index (χ0) is 20.8. The molecule has 0 radical (unpaired) electrons. The van der Waals surface area contributed by atoms with Crippen molar-refractivity contribution in [2.45, 2.75) is 13.3 Å². The molecule has 0 fully saturated rings. The Morgan fingerprint density at radius 2 is 1.96 bits per heavy atom. The van der Waals surface area contributed by atoms with Gasteiger partial charge in [0.25, 0.3) is 5.91 Å². The minimum absolute atomic E-state index is 0.0728. The molecule has 2 aromatic carbocycles. The van der Waals surface area contributed by atoms with Crippen molar-refractivity contribution in [3.05, 3.63) is 55.1 Å². The van der Waals surface area contributed by atoms with Gasteiger partial charge in [0.1, 0.15) is 0 Å². The molecule has 0 unspecified atom stereocenters. The molecule has 0 spiro atoms. The van der Waals surface area contributed by atoms with Gasteiger partial charge in [-0.25, -0.2) is 14.3 Å². The van der Waals surface area contributed by atoms with Crippen LogP contribution >= 0.6 is 38.5 Å². The minimum atomic E-state index is -1.15. The van der Waals surface area contributed by atoms with Crippen molar-refractivity contribution in [3.8, 4) is 0 Å². The van der Waals surface area contributed by atoms with Crippen LogP contribution in [-0.4, -0.2) is 38.1 Å². The van der Waals surface area contributed by atoms with Crippen molar-refractivity contribution in [3.63, 3.8) is 0 Å². The summed E-state index contributed by atoms with van der Waals surface area (Å²) in [5.74, 6) is -2.89. The molecule has 1 amide bonds. The van der Waals surface area contributed by atoms with Crippen LogP contribution in [0.5, 0.6) is 0 Å². The highest BCUT2D eigenvalue weighted by atomic mass is 127. The molecule has 28 heavy (non-hydrogen) atoms. The number of nitrogens with zero attached hydrogens (tertiary/aromatic N) is 1. The summed E-state index contributed by atoms with van der Waals surface area (Å²) in [6.07, 6.45) is 0.710. The maximum atomic E-state index is 14.6. The van der Waals surface area contributed by atoms with E-state index in [0.29, 0.717) is 18.7 Å². The second-order valence-electron chi connectivity index (χ2n) is 6.43. The first kappa shape index (κ1) is 23.0. The molecule has 0 aliphatic carbocycles. The first-order chi connectivity index (χ1) is 13.2. The normalized spacial score (nSPS) is 11.0. The highest BCUT2D eigenvalue weighted by Crippen LogP contribution is 2.32. The number of anilines is 2. The first-order valence-electron chi connectivity index (χ1n) is 8.48. The zero-order valence-electron chi connectivity index (χ0n) is 15.7. The number of carbonyl (C=O) groups excluding carboxylic acids is 1. The van der Waals surface area contributed by atoms with Gasteiger partial charge in [0.2, 0.25) is 0 Å². The lowest BCUT2D eigenvalue weighted by atomic mass is 10.1. The summed E-state index contributed by atoms with van der Waals surface area (Å²) in [6.45, 7) is 2.93. The molecule has 0 atom stereocenters. The van der Waals surface area contributed by atoms with Crippen molar-refractivity contribution < 1.29 is 18.4 Å². The number of hydrogen-bond acceptors (Lipinski definition) is 4. The lowest BCUT2D eigenvalue weighted by molar-refractivity contribution is 0.0289. The van der Waals surface area contributed by atoms with Gasteiger partial charge in [-0.2, -0.15) is 0 Å². The minimum Gasteiger partial charge on any atom is -0.352 e. The smallest absolute Gasteiger partial charge is 0.277 e. The highest BCUT2D eigenvalue weighted by Gasteiger charge is 2.22. The van der Waals surface area contributed by atoms with Gasteiger partial charge < -0.3 is 10.2 Å². The second kappa shape index (κ2) is 10.5. The van der Waals surface area contributed by atoms with Gasteiger partial charge in [-0.3, -0.25) is 9.63 Å². The Bertz CT molecular complexity index is 866. The molecular formula is C19H21BrF2IN3O2. The van der Waals surface area contributed by atoms with Gasteiger partial charge in [-0.15, -0.1) is 0 Å². The SMILES string of the molecule is Cc1cc(I)ccc1Nc1c(C(=O)NOCCCN(C)C)cc(Br)c(F)c1F. The Balaban J connectivity index is 2.24. The van der Waals surface area contributed by atoms with Crippen molar-refractivity contribution >= 4 is 55.8 Å². The van der Waals surface area contributed by atoms with Gasteiger partial charge in [0.05, 0.1) is 22.3 Å². The number of amides is 1. The average molecular weight is 568 g/mol. The molecule has 0 aliphatic rings. The Labute approximate surface area is 185 Å². The van der Waals surface area contributed by atoms with Gasteiger partial charge in [-0.1, -0.05) is 0 Å². The molecule has 0 bridgehead atoms. The van der Waals surface area contributed by atoms with E-state index in [4.69, 9.17) is 4.84 Å². The molecule has 2 rings (SSSR count). The highest BCUT2D eigenvalue weighted by molar-refractivity contribution is 14.1. The van der Waals surface area contributed by atoms with Gasteiger partial charge in [0, 0.05) is 9.26 Å². The molecular weight excluding hydrogens is 547 g/mol. The van der Waals surface area contributed by atoms with E-state index >= 15 is 0 Å². The van der Waals surface area contributed by atoms with Gasteiger partial charge in [-0.05, 0) is 102 Å². The van der Waals surface area contributed by atoms with Crippen molar-refractivity contribution in [2.75, 3.05) is 32.6 Å². The summed E-state index contributed by atoms with van der Waals surface area (Å²) < 4.78 is 29.6. The monoisotopic (exact) mass is 567 g/mol. The molecule has 9 heteroatoms. The molecule has 152 valence electrons. The topological polar surface area (TPSA) is 53.6 Å². The van der Waals surface area contributed by atoms with E-state index in [0.717, 1.165) is 15.7 Å². The summed E-state index contributed by atoms with van der Waals surface area (Å²) in [7, 11) is 3.86. The lowest BCUT2D eigenvalue weighted by Gasteiger charge is -2.16. The summed E-state index contributed by atoms with van der Waals surface area (Å²) in [6, 6.07) is 6.69. The summed E-state index contributed by atoms with van der Waals surface area (Å²) in [5, 5.41) is 2.84. The van der Waals surface area contributed by atoms with Crippen molar-refractivity contribution in [1.29, 1.82) is 0 Å². The lowest BCUT2D eigenvalue weighted by Crippen LogP contribution is -2.26. The van der Waals surface area contributed by atoms with E-state index in [1.807, 2.05) is 38.1 Å². The van der Waals surface area contributed by atoms with E-state index in [2.05, 4.69) is 49.3 Å². The maximum Gasteiger partial charge on any atom is 0.277 e. The summed E-state index contributed by atoms with van der Waals surface area (Å²) >= 11 is 5.11. The van der Waals surface area contributed by atoms with E-state index in [9.17, 15) is 13.6 Å². The maximum absolute atomic E-state index is 14.6. The number of nitrogens with one attached hydrogen (secondary N) is 2. The Morgan fingerprint density at radius 1 is 1.25 bits per heavy atom. The third-order valence-electron chi connectivity index (χ3n) is 3.87. The fourth-order valence-electron chi connectivity index (χ4n) is 2.42.